The normalized spacial score (nSPS) is 15.1. The first-order valence-corrected chi connectivity index (χ1v) is 5.27. The van der Waals surface area contributed by atoms with Gasteiger partial charge < -0.3 is 4.74 Å². The van der Waals surface area contributed by atoms with Crippen LogP contribution >= 0.6 is 0 Å². The molecule has 0 amide bonds. The van der Waals surface area contributed by atoms with E-state index in [0.29, 0.717) is 11.7 Å². The van der Waals surface area contributed by atoms with Gasteiger partial charge in [0.05, 0.1) is 17.9 Å². The fourth-order valence-corrected chi connectivity index (χ4v) is 1.60. The molecule has 1 aliphatic carbocycles. The van der Waals surface area contributed by atoms with Gasteiger partial charge in [0, 0.05) is 11.8 Å². The van der Waals surface area contributed by atoms with Crippen LogP contribution in [0.4, 0.5) is 0 Å². The molecule has 1 aromatic rings. The zero-order valence-electron chi connectivity index (χ0n) is 9.03. The van der Waals surface area contributed by atoms with Crippen molar-refractivity contribution in [2.45, 2.75) is 38.7 Å². The molecule has 0 aromatic carbocycles. The molecule has 0 bridgehead atoms. The summed E-state index contributed by atoms with van der Waals surface area (Å²) in [6, 6.07) is 2.17. The highest BCUT2D eigenvalue weighted by atomic mass is 16.5. The van der Waals surface area contributed by atoms with E-state index in [1.807, 2.05) is 0 Å². The predicted molar refractivity (Wildman–Crippen MR) is 56.7 cm³/mol. The lowest BCUT2D eigenvalue weighted by Gasteiger charge is -2.14. The minimum absolute atomic E-state index is 0.288. The molecule has 1 heterocycles. The van der Waals surface area contributed by atoms with E-state index in [1.165, 1.54) is 0 Å². The number of aromatic nitrogens is 1. The summed E-state index contributed by atoms with van der Waals surface area (Å²) in [5, 5.41) is 9.00. The van der Waals surface area contributed by atoms with E-state index in [9.17, 15) is 0 Å². The van der Waals surface area contributed by atoms with Gasteiger partial charge in [-0.15, -0.1) is 0 Å². The van der Waals surface area contributed by atoms with Crippen LogP contribution in [-0.2, 0) is 0 Å². The fraction of sp³-hybridized carbons (Fsp3) is 0.500. The maximum Gasteiger partial charge on any atom is 0.142 e. The Balaban J connectivity index is 2.38. The number of hydrogen-bond acceptors (Lipinski definition) is 3. The Morgan fingerprint density at radius 2 is 2.20 bits per heavy atom. The van der Waals surface area contributed by atoms with Crippen molar-refractivity contribution in [3.63, 3.8) is 0 Å². The highest BCUT2D eigenvalue weighted by Crippen LogP contribution is 2.33. The highest BCUT2D eigenvalue weighted by Gasteiger charge is 2.25. The van der Waals surface area contributed by atoms with Crippen molar-refractivity contribution in [2.24, 2.45) is 0 Å². The van der Waals surface area contributed by atoms with Crippen LogP contribution in [0.5, 0.6) is 5.75 Å². The van der Waals surface area contributed by atoms with Crippen LogP contribution in [0.3, 0.4) is 0 Å². The molecule has 3 heteroatoms. The third-order valence-electron chi connectivity index (χ3n) is 2.47. The van der Waals surface area contributed by atoms with Crippen molar-refractivity contribution < 1.29 is 4.74 Å². The van der Waals surface area contributed by atoms with Crippen molar-refractivity contribution >= 4 is 0 Å². The van der Waals surface area contributed by atoms with E-state index in [1.54, 1.807) is 12.4 Å². The second-order valence-electron chi connectivity index (χ2n) is 4.18. The molecule has 1 aromatic heterocycles. The maximum atomic E-state index is 9.00. The average molecular weight is 202 g/mol. The molecule has 15 heavy (non-hydrogen) atoms. The van der Waals surface area contributed by atoms with Crippen molar-refractivity contribution in [1.29, 1.82) is 5.26 Å². The molecule has 1 aliphatic rings. The average Bonchev–Trinajstić information content (AvgIpc) is 3.01. The monoisotopic (exact) mass is 202 g/mol. The molecule has 0 unspecified atom stereocenters. The summed E-state index contributed by atoms with van der Waals surface area (Å²) < 4.78 is 5.75. The summed E-state index contributed by atoms with van der Waals surface area (Å²) in [6.45, 7) is 4.13. The number of pyridine rings is 1. The van der Waals surface area contributed by atoms with Gasteiger partial charge in [0.25, 0.3) is 0 Å². The summed E-state index contributed by atoms with van der Waals surface area (Å²) in [4.78, 5) is 4.03. The second kappa shape index (κ2) is 3.90. The van der Waals surface area contributed by atoms with Gasteiger partial charge >= 0.3 is 0 Å². The van der Waals surface area contributed by atoms with E-state index < -0.39 is 0 Å². The predicted octanol–water partition coefficient (Wildman–Crippen LogP) is 2.62. The molecule has 0 aliphatic heterocycles. The lowest BCUT2D eigenvalue weighted by Crippen LogP contribution is -2.03. The fourth-order valence-electron chi connectivity index (χ4n) is 1.60. The van der Waals surface area contributed by atoms with E-state index in [-0.39, 0.29) is 5.92 Å². The maximum absolute atomic E-state index is 9.00. The van der Waals surface area contributed by atoms with Crippen molar-refractivity contribution in [1.82, 2.24) is 4.98 Å². The molecule has 3 nitrogen and oxygen atoms in total. The molecule has 1 fully saturated rings. The highest BCUT2D eigenvalue weighted by molar-refractivity contribution is 5.46. The smallest absolute Gasteiger partial charge is 0.142 e. The van der Waals surface area contributed by atoms with Gasteiger partial charge in [0.15, 0.2) is 0 Å². The van der Waals surface area contributed by atoms with Crippen molar-refractivity contribution in [2.75, 3.05) is 0 Å². The Labute approximate surface area is 89.7 Å². The molecule has 0 radical (unpaired) electrons. The Morgan fingerprint density at radius 3 is 2.73 bits per heavy atom. The van der Waals surface area contributed by atoms with Gasteiger partial charge in [-0.05, 0) is 18.8 Å². The number of hydrogen-bond donors (Lipinski definition) is 0. The number of nitriles is 1. The van der Waals surface area contributed by atoms with Crippen molar-refractivity contribution in [3.8, 4) is 11.8 Å². The van der Waals surface area contributed by atoms with Crippen LogP contribution < -0.4 is 4.74 Å². The van der Waals surface area contributed by atoms with Crippen LogP contribution in [0.25, 0.3) is 0 Å². The third kappa shape index (κ3) is 2.10. The molecule has 78 valence electrons. The number of nitrogens with zero attached hydrogens (tertiary/aromatic N) is 2. The first-order chi connectivity index (χ1) is 7.22. The lowest BCUT2D eigenvalue weighted by atomic mass is 9.99. The molecular weight excluding hydrogens is 188 g/mol. The van der Waals surface area contributed by atoms with E-state index in [4.69, 9.17) is 10.00 Å². The number of rotatable bonds is 3. The molecule has 0 saturated heterocycles. The van der Waals surface area contributed by atoms with Gasteiger partial charge in [-0.3, -0.25) is 4.98 Å². The van der Waals surface area contributed by atoms with Gasteiger partial charge in [-0.25, -0.2) is 0 Å². The topological polar surface area (TPSA) is 45.9 Å². The van der Waals surface area contributed by atoms with Gasteiger partial charge in [-0.2, -0.15) is 5.26 Å². The van der Waals surface area contributed by atoms with E-state index >= 15 is 0 Å². The van der Waals surface area contributed by atoms with Crippen LogP contribution in [0.15, 0.2) is 12.4 Å². The van der Waals surface area contributed by atoms with Crippen molar-refractivity contribution in [3.05, 3.63) is 23.5 Å². The SMILES string of the molecule is CC(C)c1c(C#N)cncc1OC1CC1. The van der Waals surface area contributed by atoms with Crippen LogP contribution in [-0.4, -0.2) is 11.1 Å². The third-order valence-corrected chi connectivity index (χ3v) is 2.47. The summed E-state index contributed by atoms with van der Waals surface area (Å²) in [5.74, 6) is 1.07. The first-order valence-electron chi connectivity index (χ1n) is 5.27. The van der Waals surface area contributed by atoms with Gasteiger partial charge in [-0.1, -0.05) is 13.8 Å². The largest absolute Gasteiger partial charge is 0.488 e. The van der Waals surface area contributed by atoms with Crippen LogP contribution in [0.2, 0.25) is 0 Å². The standard InChI is InChI=1S/C12H14N2O/c1-8(2)12-9(5-13)6-14-7-11(12)15-10-3-4-10/h6-8,10H,3-4H2,1-2H3. The molecule has 0 spiro atoms. The Bertz CT molecular complexity index is 403. The molecule has 0 atom stereocenters. The van der Waals surface area contributed by atoms with Gasteiger partial charge in [0.2, 0.25) is 0 Å². The summed E-state index contributed by atoms with van der Waals surface area (Å²) in [5.41, 5.74) is 1.61. The Morgan fingerprint density at radius 1 is 1.47 bits per heavy atom. The quantitative estimate of drug-likeness (QED) is 0.756. The van der Waals surface area contributed by atoms with Gasteiger partial charge in [0.1, 0.15) is 11.8 Å². The molecule has 1 saturated carbocycles. The summed E-state index contributed by atoms with van der Waals surface area (Å²) >= 11 is 0. The molecular formula is C12H14N2O. The zero-order chi connectivity index (χ0) is 10.8. The zero-order valence-corrected chi connectivity index (χ0v) is 9.03. The lowest BCUT2D eigenvalue weighted by molar-refractivity contribution is 0.297. The first kappa shape index (κ1) is 9.97. The Kier molecular flexibility index (Phi) is 2.59. The second-order valence-corrected chi connectivity index (χ2v) is 4.18. The molecule has 0 N–H and O–H groups in total. The molecule has 2 rings (SSSR count). The van der Waals surface area contributed by atoms with E-state index in [2.05, 4.69) is 24.9 Å². The van der Waals surface area contributed by atoms with Crippen LogP contribution in [0.1, 0.15) is 43.7 Å². The number of ether oxygens (including phenoxy) is 1. The van der Waals surface area contributed by atoms with E-state index in [0.717, 1.165) is 24.2 Å². The minimum Gasteiger partial charge on any atom is -0.488 e. The van der Waals surface area contributed by atoms with Crippen LogP contribution in [0, 0.1) is 11.3 Å². The summed E-state index contributed by atoms with van der Waals surface area (Å²) in [6.07, 6.45) is 5.91. The summed E-state index contributed by atoms with van der Waals surface area (Å²) in [7, 11) is 0. The Hall–Kier alpha value is -1.56. The minimum atomic E-state index is 0.288.